The third-order valence-electron chi connectivity index (χ3n) is 6.27. The molecule has 0 unspecified atom stereocenters. The molecule has 5 rings (SSSR count). The summed E-state index contributed by atoms with van der Waals surface area (Å²) in [6, 6.07) is 26.4. The normalized spacial score (nSPS) is 24.2. The number of nitro groups is 1. The van der Waals surface area contributed by atoms with Crippen LogP contribution in [0.2, 0.25) is 0 Å². The SMILES string of the molecule is CC1=C(c2ccccc2)[C@]2(c3ccccc3)OC(c3ccc([N+](=O)[O-])cc3)=NO[C@]2(C)C1. The van der Waals surface area contributed by atoms with Gasteiger partial charge in [0.15, 0.2) is 5.60 Å². The summed E-state index contributed by atoms with van der Waals surface area (Å²) in [6.07, 6.45) is 0.656. The largest absolute Gasteiger partial charge is 0.454 e. The van der Waals surface area contributed by atoms with Gasteiger partial charge in [0.2, 0.25) is 5.60 Å². The van der Waals surface area contributed by atoms with Crippen molar-refractivity contribution in [2.45, 2.75) is 31.5 Å². The Kier molecular flexibility index (Phi) is 4.59. The van der Waals surface area contributed by atoms with Gasteiger partial charge in [-0.2, -0.15) is 0 Å². The molecule has 0 saturated carbocycles. The minimum atomic E-state index is -0.932. The first-order valence-electron chi connectivity index (χ1n) is 10.5. The number of nitrogens with zero attached hydrogens (tertiary/aromatic N) is 2. The Morgan fingerprint density at radius 2 is 1.53 bits per heavy atom. The molecule has 3 aromatic rings. The number of ether oxygens (including phenoxy) is 1. The summed E-state index contributed by atoms with van der Waals surface area (Å²) in [7, 11) is 0. The van der Waals surface area contributed by atoms with E-state index in [9.17, 15) is 10.1 Å². The van der Waals surface area contributed by atoms with Gasteiger partial charge in [-0.25, -0.2) is 0 Å². The zero-order valence-electron chi connectivity index (χ0n) is 17.8. The van der Waals surface area contributed by atoms with Gasteiger partial charge < -0.3 is 9.57 Å². The summed E-state index contributed by atoms with van der Waals surface area (Å²) in [6.45, 7) is 4.13. The van der Waals surface area contributed by atoms with Crippen LogP contribution in [0.15, 0.2) is 95.7 Å². The van der Waals surface area contributed by atoms with E-state index >= 15 is 0 Å². The van der Waals surface area contributed by atoms with E-state index in [0.29, 0.717) is 17.9 Å². The Hall–Kier alpha value is -3.93. The topological polar surface area (TPSA) is 74.0 Å². The molecule has 0 radical (unpaired) electrons. The molecule has 0 bridgehead atoms. The summed E-state index contributed by atoms with van der Waals surface area (Å²) >= 11 is 0. The van der Waals surface area contributed by atoms with Crippen molar-refractivity contribution in [1.82, 2.24) is 0 Å². The molecule has 0 amide bonds. The van der Waals surface area contributed by atoms with Crippen molar-refractivity contribution >= 4 is 17.2 Å². The third-order valence-corrected chi connectivity index (χ3v) is 6.27. The molecular formula is C26H22N2O4. The maximum atomic E-state index is 11.1. The van der Waals surface area contributed by atoms with E-state index in [0.717, 1.165) is 16.7 Å². The van der Waals surface area contributed by atoms with Crippen LogP contribution >= 0.6 is 0 Å². The van der Waals surface area contributed by atoms with E-state index in [-0.39, 0.29) is 5.69 Å². The average molecular weight is 426 g/mol. The summed E-state index contributed by atoms with van der Waals surface area (Å²) < 4.78 is 6.81. The van der Waals surface area contributed by atoms with Crippen LogP contribution in [-0.4, -0.2) is 16.4 Å². The first kappa shape index (κ1) is 20.0. The molecule has 2 atom stereocenters. The highest BCUT2D eigenvalue weighted by atomic mass is 16.7. The van der Waals surface area contributed by atoms with Crippen LogP contribution in [0, 0.1) is 10.1 Å². The van der Waals surface area contributed by atoms with E-state index in [1.807, 2.05) is 55.5 Å². The Bertz CT molecular complexity index is 1240. The lowest BCUT2D eigenvalue weighted by molar-refractivity contribution is -0.384. The number of rotatable bonds is 4. The van der Waals surface area contributed by atoms with Gasteiger partial charge in [-0.1, -0.05) is 66.2 Å². The zero-order chi connectivity index (χ0) is 22.3. The van der Waals surface area contributed by atoms with Gasteiger partial charge in [-0.05, 0) is 36.7 Å². The fraction of sp³-hybridized carbons (Fsp3) is 0.192. The monoisotopic (exact) mass is 426 g/mol. The molecule has 6 nitrogen and oxygen atoms in total. The molecule has 32 heavy (non-hydrogen) atoms. The van der Waals surface area contributed by atoms with Crippen molar-refractivity contribution in [3.63, 3.8) is 0 Å². The number of fused-ring (bicyclic) bond motifs is 1. The molecule has 3 aromatic carbocycles. The van der Waals surface area contributed by atoms with Gasteiger partial charge in [0.05, 0.1) is 4.92 Å². The molecule has 1 aliphatic heterocycles. The van der Waals surface area contributed by atoms with Crippen LogP contribution in [0.5, 0.6) is 0 Å². The Morgan fingerprint density at radius 1 is 0.906 bits per heavy atom. The van der Waals surface area contributed by atoms with Crippen LogP contribution in [0.25, 0.3) is 5.57 Å². The van der Waals surface area contributed by atoms with Crippen molar-refractivity contribution < 1.29 is 14.5 Å². The summed E-state index contributed by atoms with van der Waals surface area (Å²) in [5.74, 6) is 0.296. The van der Waals surface area contributed by atoms with Gasteiger partial charge in [0.25, 0.3) is 11.6 Å². The van der Waals surface area contributed by atoms with Gasteiger partial charge in [-0.15, -0.1) is 0 Å². The molecular weight excluding hydrogens is 404 g/mol. The lowest BCUT2D eigenvalue weighted by atomic mass is 9.74. The van der Waals surface area contributed by atoms with Crippen molar-refractivity contribution in [1.29, 1.82) is 0 Å². The van der Waals surface area contributed by atoms with Gasteiger partial charge >= 0.3 is 0 Å². The van der Waals surface area contributed by atoms with Gasteiger partial charge in [0, 0.05) is 35.3 Å². The number of hydrogen-bond acceptors (Lipinski definition) is 5. The lowest BCUT2D eigenvalue weighted by Gasteiger charge is -2.46. The Labute approximate surface area is 185 Å². The fourth-order valence-electron chi connectivity index (χ4n) is 4.92. The summed E-state index contributed by atoms with van der Waals surface area (Å²) in [5, 5.41) is 15.4. The van der Waals surface area contributed by atoms with E-state index in [4.69, 9.17) is 9.57 Å². The summed E-state index contributed by atoms with van der Waals surface area (Å²) in [5.41, 5.74) is 3.19. The van der Waals surface area contributed by atoms with E-state index < -0.39 is 16.1 Å². The Balaban J connectivity index is 1.69. The maximum absolute atomic E-state index is 11.1. The second-order valence-electron chi connectivity index (χ2n) is 8.37. The van der Waals surface area contributed by atoms with Crippen molar-refractivity contribution in [2.24, 2.45) is 5.16 Å². The minimum absolute atomic E-state index is 0.00951. The van der Waals surface area contributed by atoms with Gasteiger partial charge in [0.1, 0.15) is 0 Å². The highest BCUT2D eigenvalue weighted by Gasteiger charge is 2.64. The predicted octanol–water partition coefficient (Wildman–Crippen LogP) is 5.83. The second-order valence-corrected chi connectivity index (χ2v) is 8.37. The van der Waals surface area contributed by atoms with Gasteiger partial charge in [-0.3, -0.25) is 10.1 Å². The molecule has 160 valence electrons. The first-order valence-corrected chi connectivity index (χ1v) is 10.5. The highest BCUT2D eigenvalue weighted by molar-refractivity contribution is 5.97. The fourth-order valence-corrected chi connectivity index (χ4v) is 4.92. The quantitative estimate of drug-likeness (QED) is 0.388. The van der Waals surface area contributed by atoms with Crippen molar-refractivity contribution in [2.75, 3.05) is 0 Å². The maximum Gasteiger partial charge on any atom is 0.269 e. The van der Waals surface area contributed by atoms with Crippen molar-refractivity contribution in [3.8, 4) is 0 Å². The van der Waals surface area contributed by atoms with Crippen LogP contribution in [-0.2, 0) is 15.2 Å². The molecule has 0 saturated heterocycles. The van der Waals surface area contributed by atoms with E-state index in [1.54, 1.807) is 12.1 Å². The third kappa shape index (κ3) is 2.91. The average Bonchev–Trinajstić information content (AvgIpc) is 3.06. The number of non-ortho nitro benzene ring substituents is 1. The molecule has 1 aliphatic carbocycles. The lowest BCUT2D eigenvalue weighted by Crippen LogP contribution is -2.54. The number of nitro benzene ring substituents is 1. The minimum Gasteiger partial charge on any atom is -0.454 e. The molecule has 0 spiro atoms. The summed E-state index contributed by atoms with van der Waals surface area (Å²) in [4.78, 5) is 16.8. The zero-order valence-corrected chi connectivity index (χ0v) is 17.8. The Morgan fingerprint density at radius 3 is 2.16 bits per heavy atom. The van der Waals surface area contributed by atoms with Crippen LogP contribution in [0.1, 0.15) is 37.0 Å². The van der Waals surface area contributed by atoms with Crippen LogP contribution in [0.3, 0.4) is 0 Å². The van der Waals surface area contributed by atoms with E-state index in [1.165, 1.54) is 17.7 Å². The molecule has 0 N–H and O–H groups in total. The molecule has 6 heteroatoms. The van der Waals surface area contributed by atoms with Crippen LogP contribution < -0.4 is 0 Å². The smallest absolute Gasteiger partial charge is 0.269 e. The predicted molar refractivity (Wildman–Crippen MR) is 122 cm³/mol. The number of hydrogen-bond donors (Lipinski definition) is 0. The first-order chi connectivity index (χ1) is 15.4. The molecule has 1 heterocycles. The standard InChI is InChI=1S/C26H22N2O4/c1-18-17-25(2)26(21-11-7-4-8-12-21,23(18)19-9-5-3-6-10-19)31-24(27-32-25)20-13-15-22(16-14-20)28(29)30/h3-16H,17H2,1-2H3/t25-,26+/m1/s1. The number of oxime groups is 1. The second kappa shape index (κ2) is 7.34. The molecule has 2 aliphatic rings. The molecule has 0 fully saturated rings. The number of benzene rings is 3. The highest BCUT2D eigenvalue weighted by Crippen LogP contribution is 2.59. The van der Waals surface area contributed by atoms with Crippen LogP contribution in [0.4, 0.5) is 5.69 Å². The van der Waals surface area contributed by atoms with Crippen molar-refractivity contribution in [3.05, 3.63) is 117 Å². The van der Waals surface area contributed by atoms with E-state index in [2.05, 4.69) is 24.2 Å². The molecule has 0 aromatic heterocycles.